The van der Waals surface area contributed by atoms with Gasteiger partial charge in [0.2, 0.25) is 5.91 Å². The maximum Gasteiger partial charge on any atom is 0.238 e. The fourth-order valence-corrected chi connectivity index (χ4v) is 2.32. The SMILES string of the molecule is CC1(CNC(=O)C2CSCN2)CC1. The van der Waals surface area contributed by atoms with Crippen molar-refractivity contribution >= 4 is 17.7 Å². The van der Waals surface area contributed by atoms with Crippen molar-refractivity contribution in [2.24, 2.45) is 5.41 Å². The Balaban J connectivity index is 1.71. The maximum atomic E-state index is 11.5. The molecule has 74 valence electrons. The lowest BCUT2D eigenvalue weighted by atomic mass is 10.1. The van der Waals surface area contributed by atoms with Crippen LogP contribution in [-0.4, -0.2) is 30.1 Å². The molecule has 0 aromatic carbocycles. The van der Waals surface area contributed by atoms with Gasteiger partial charge in [-0.3, -0.25) is 10.1 Å². The molecule has 1 unspecified atom stereocenters. The van der Waals surface area contributed by atoms with Crippen LogP contribution in [-0.2, 0) is 4.79 Å². The quantitative estimate of drug-likeness (QED) is 0.699. The molecule has 1 saturated carbocycles. The summed E-state index contributed by atoms with van der Waals surface area (Å²) in [5.41, 5.74) is 0.418. The fraction of sp³-hybridized carbons (Fsp3) is 0.889. The van der Waals surface area contributed by atoms with Crippen LogP contribution in [0.25, 0.3) is 0 Å². The molecule has 2 fully saturated rings. The molecule has 2 aliphatic rings. The topological polar surface area (TPSA) is 41.1 Å². The Morgan fingerprint density at radius 3 is 3.00 bits per heavy atom. The van der Waals surface area contributed by atoms with E-state index in [0.29, 0.717) is 5.41 Å². The highest BCUT2D eigenvalue weighted by Crippen LogP contribution is 2.44. The normalized spacial score (nSPS) is 30.1. The molecule has 1 amide bonds. The number of hydrogen-bond acceptors (Lipinski definition) is 3. The maximum absolute atomic E-state index is 11.5. The zero-order valence-electron chi connectivity index (χ0n) is 7.93. The summed E-state index contributed by atoms with van der Waals surface area (Å²) in [5, 5.41) is 6.18. The summed E-state index contributed by atoms with van der Waals surface area (Å²) < 4.78 is 0. The number of carbonyl (C=O) groups excluding carboxylic acids is 1. The molecule has 1 heterocycles. The average Bonchev–Trinajstić information content (AvgIpc) is 2.69. The smallest absolute Gasteiger partial charge is 0.238 e. The molecule has 3 nitrogen and oxygen atoms in total. The van der Waals surface area contributed by atoms with Gasteiger partial charge in [-0.15, -0.1) is 11.8 Å². The molecule has 1 atom stereocenters. The molecule has 0 bridgehead atoms. The van der Waals surface area contributed by atoms with Crippen LogP contribution in [0.2, 0.25) is 0 Å². The Bertz CT molecular complexity index is 210. The molecule has 4 heteroatoms. The lowest BCUT2D eigenvalue weighted by Crippen LogP contribution is -2.43. The number of nitrogens with one attached hydrogen (secondary N) is 2. The summed E-state index contributed by atoms with van der Waals surface area (Å²) in [6, 6.07) is 0.0485. The van der Waals surface area contributed by atoms with Gasteiger partial charge < -0.3 is 5.32 Å². The molecular weight excluding hydrogens is 184 g/mol. The van der Waals surface area contributed by atoms with Gasteiger partial charge >= 0.3 is 0 Å². The third-order valence-corrected chi connectivity index (χ3v) is 3.77. The molecule has 0 radical (unpaired) electrons. The van der Waals surface area contributed by atoms with Gasteiger partial charge in [-0.05, 0) is 18.3 Å². The molecule has 2 rings (SSSR count). The van der Waals surface area contributed by atoms with Crippen molar-refractivity contribution in [1.82, 2.24) is 10.6 Å². The zero-order chi connectivity index (χ0) is 9.31. The lowest BCUT2D eigenvalue weighted by molar-refractivity contribution is -0.122. The predicted octanol–water partition coefficient (Wildman–Crippen LogP) is 0.565. The fourth-order valence-electron chi connectivity index (χ4n) is 1.38. The van der Waals surface area contributed by atoms with E-state index in [4.69, 9.17) is 0 Å². The van der Waals surface area contributed by atoms with Gasteiger partial charge in [-0.2, -0.15) is 0 Å². The standard InChI is InChI=1S/C9H16N2OS/c1-9(2-3-9)5-10-8(12)7-4-13-6-11-7/h7,11H,2-6H2,1H3,(H,10,12). The summed E-state index contributed by atoms with van der Waals surface area (Å²) in [7, 11) is 0. The number of amides is 1. The summed E-state index contributed by atoms with van der Waals surface area (Å²) in [5.74, 6) is 2.01. The monoisotopic (exact) mass is 200 g/mol. The van der Waals surface area contributed by atoms with Gasteiger partial charge in [0.25, 0.3) is 0 Å². The third-order valence-electron chi connectivity index (χ3n) is 2.83. The van der Waals surface area contributed by atoms with Crippen molar-refractivity contribution in [3.05, 3.63) is 0 Å². The van der Waals surface area contributed by atoms with E-state index in [0.717, 1.165) is 18.2 Å². The van der Waals surface area contributed by atoms with Crippen molar-refractivity contribution in [2.75, 3.05) is 18.2 Å². The predicted molar refractivity (Wildman–Crippen MR) is 54.6 cm³/mol. The van der Waals surface area contributed by atoms with E-state index in [1.807, 2.05) is 0 Å². The minimum Gasteiger partial charge on any atom is -0.354 e. The second-order valence-corrected chi connectivity index (χ2v) is 5.33. The van der Waals surface area contributed by atoms with E-state index in [1.165, 1.54) is 12.8 Å². The van der Waals surface area contributed by atoms with Gasteiger partial charge in [0.15, 0.2) is 0 Å². The van der Waals surface area contributed by atoms with Crippen LogP contribution in [0, 0.1) is 5.41 Å². The van der Waals surface area contributed by atoms with Crippen molar-refractivity contribution in [1.29, 1.82) is 0 Å². The first-order valence-electron chi connectivity index (χ1n) is 4.78. The van der Waals surface area contributed by atoms with Crippen LogP contribution in [0.1, 0.15) is 19.8 Å². The molecule has 1 saturated heterocycles. The Morgan fingerprint density at radius 1 is 1.69 bits per heavy atom. The van der Waals surface area contributed by atoms with E-state index in [-0.39, 0.29) is 11.9 Å². The number of thioether (sulfide) groups is 1. The minimum atomic E-state index is 0.0485. The highest BCUT2D eigenvalue weighted by Gasteiger charge is 2.37. The molecule has 1 aliphatic heterocycles. The van der Waals surface area contributed by atoms with Crippen LogP contribution in [0.4, 0.5) is 0 Å². The van der Waals surface area contributed by atoms with Crippen molar-refractivity contribution < 1.29 is 4.79 Å². The molecule has 0 aromatic heterocycles. The van der Waals surface area contributed by atoms with E-state index < -0.39 is 0 Å². The first kappa shape index (κ1) is 9.34. The Morgan fingerprint density at radius 2 is 2.46 bits per heavy atom. The lowest BCUT2D eigenvalue weighted by Gasteiger charge is -2.13. The Hall–Kier alpha value is -0.220. The van der Waals surface area contributed by atoms with E-state index in [2.05, 4.69) is 17.6 Å². The van der Waals surface area contributed by atoms with Crippen LogP contribution < -0.4 is 10.6 Å². The van der Waals surface area contributed by atoms with Gasteiger partial charge in [0.05, 0.1) is 6.04 Å². The van der Waals surface area contributed by atoms with Gasteiger partial charge in [0, 0.05) is 18.2 Å². The molecule has 0 spiro atoms. The molecular formula is C9H16N2OS. The Labute approximate surface area is 83.0 Å². The number of rotatable bonds is 3. The number of carbonyl (C=O) groups is 1. The second kappa shape index (κ2) is 3.50. The molecule has 2 N–H and O–H groups in total. The number of hydrogen-bond donors (Lipinski definition) is 2. The van der Waals surface area contributed by atoms with Crippen molar-refractivity contribution in [3.8, 4) is 0 Å². The largest absolute Gasteiger partial charge is 0.354 e. The molecule has 13 heavy (non-hydrogen) atoms. The van der Waals surface area contributed by atoms with Gasteiger partial charge in [-0.1, -0.05) is 6.92 Å². The Kier molecular flexibility index (Phi) is 2.51. The summed E-state index contributed by atoms with van der Waals surface area (Å²) in [4.78, 5) is 11.5. The van der Waals surface area contributed by atoms with Crippen LogP contribution in [0.5, 0.6) is 0 Å². The van der Waals surface area contributed by atoms with Crippen molar-refractivity contribution in [2.45, 2.75) is 25.8 Å². The third kappa shape index (κ3) is 2.38. The van der Waals surface area contributed by atoms with Crippen LogP contribution in [0.3, 0.4) is 0 Å². The highest BCUT2D eigenvalue weighted by atomic mass is 32.2. The second-order valence-electron chi connectivity index (χ2n) is 4.30. The summed E-state index contributed by atoms with van der Waals surface area (Å²) in [6.07, 6.45) is 2.53. The first-order chi connectivity index (χ1) is 6.20. The first-order valence-corrected chi connectivity index (χ1v) is 5.94. The molecule has 0 aromatic rings. The average molecular weight is 200 g/mol. The zero-order valence-corrected chi connectivity index (χ0v) is 8.75. The van der Waals surface area contributed by atoms with E-state index >= 15 is 0 Å². The highest BCUT2D eigenvalue weighted by molar-refractivity contribution is 7.99. The minimum absolute atomic E-state index is 0.0485. The summed E-state index contributed by atoms with van der Waals surface area (Å²) >= 11 is 1.79. The van der Waals surface area contributed by atoms with Crippen molar-refractivity contribution in [3.63, 3.8) is 0 Å². The molecule has 1 aliphatic carbocycles. The van der Waals surface area contributed by atoms with Crippen LogP contribution >= 0.6 is 11.8 Å². The van der Waals surface area contributed by atoms with E-state index in [1.54, 1.807) is 11.8 Å². The van der Waals surface area contributed by atoms with E-state index in [9.17, 15) is 4.79 Å². The van der Waals surface area contributed by atoms with Gasteiger partial charge in [0.1, 0.15) is 0 Å². The summed E-state index contributed by atoms with van der Waals surface area (Å²) in [6.45, 7) is 3.08. The van der Waals surface area contributed by atoms with Gasteiger partial charge in [-0.25, -0.2) is 0 Å². The van der Waals surface area contributed by atoms with Crippen LogP contribution in [0.15, 0.2) is 0 Å².